The first-order valence-electron chi connectivity index (χ1n) is 27.7. The Morgan fingerprint density at radius 3 is 1.26 bits per heavy atom. The Balaban J connectivity index is -0.000000255. The lowest BCUT2D eigenvalue weighted by Gasteiger charge is -2.26. The van der Waals surface area contributed by atoms with Crippen molar-refractivity contribution in [3.05, 3.63) is 12.3 Å². The van der Waals surface area contributed by atoms with Crippen LogP contribution in [-0.2, 0) is 9.59 Å². The van der Waals surface area contributed by atoms with Gasteiger partial charge < -0.3 is 24.5 Å². The van der Waals surface area contributed by atoms with Gasteiger partial charge in [-0.2, -0.15) is 0 Å². The van der Waals surface area contributed by atoms with Crippen molar-refractivity contribution in [3.8, 4) is 0 Å². The molecule has 0 amide bonds. The second-order valence-corrected chi connectivity index (χ2v) is 18.4. The third-order valence-electron chi connectivity index (χ3n) is 11.6. The van der Waals surface area contributed by atoms with E-state index in [2.05, 4.69) is 91.4 Å². The number of hydrogen-bond donors (Lipinski definition) is 1. The van der Waals surface area contributed by atoms with Crippen molar-refractivity contribution in [3.63, 3.8) is 0 Å². The SMILES string of the molecule is C/C=C\N(C)CCCN(CCCCCCC)CC(O)CCCCC.CC.CCC.CCCCCCCC(CC)CCC(C)=O.CCCCCCCC(CCCCC)CCC(C)=O. The molecule has 0 heterocycles. The van der Waals surface area contributed by atoms with Gasteiger partial charge in [-0.3, -0.25) is 0 Å². The molecule has 0 bridgehead atoms. The number of ketones is 2. The minimum absolute atomic E-state index is 0.152. The maximum atomic E-state index is 11.1. The van der Waals surface area contributed by atoms with Crippen LogP contribution >= 0.6 is 0 Å². The maximum absolute atomic E-state index is 11.1. The lowest BCUT2D eigenvalue weighted by Crippen LogP contribution is -2.35. The molecular weight excluding hydrogens is 761 g/mol. The number of nitrogens with zero attached hydrogens (tertiary/aromatic N) is 2. The van der Waals surface area contributed by atoms with Crippen molar-refractivity contribution in [2.24, 2.45) is 11.8 Å². The van der Waals surface area contributed by atoms with E-state index in [-0.39, 0.29) is 6.10 Å². The van der Waals surface area contributed by atoms with Gasteiger partial charge in [-0.1, -0.05) is 236 Å². The van der Waals surface area contributed by atoms with E-state index in [1.165, 1.54) is 161 Å². The van der Waals surface area contributed by atoms with E-state index < -0.39 is 0 Å². The minimum Gasteiger partial charge on any atom is -0.392 e. The third-order valence-corrected chi connectivity index (χ3v) is 11.6. The zero-order chi connectivity index (χ0) is 47.9. The van der Waals surface area contributed by atoms with Crippen LogP contribution in [-0.4, -0.2) is 65.8 Å². The van der Waals surface area contributed by atoms with Crippen molar-refractivity contribution in [1.29, 1.82) is 0 Å². The van der Waals surface area contributed by atoms with Crippen LogP contribution in [0.25, 0.3) is 0 Å². The fraction of sp³-hybridized carbons (Fsp3) is 0.930. The summed E-state index contributed by atoms with van der Waals surface area (Å²) in [6, 6.07) is 0. The summed E-state index contributed by atoms with van der Waals surface area (Å²) in [5.74, 6) is 2.30. The van der Waals surface area contributed by atoms with Crippen molar-refractivity contribution in [2.45, 2.75) is 302 Å². The Morgan fingerprint density at radius 2 is 0.839 bits per heavy atom. The van der Waals surface area contributed by atoms with E-state index in [0.29, 0.717) is 11.6 Å². The minimum atomic E-state index is -0.152. The summed E-state index contributed by atoms with van der Waals surface area (Å²) in [5.41, 5.74) is 0. The summed E-state index contributed by atoms with van der Waals surface area (Å²) in [6.45, 7) is 31.4. The third kappa shape index (κ3) is 65.4. The fourth-order valence-corrected chi connectivity index (χ4v) is 7.68. The zero-order valence-corrected chi connectivity index (χ0v) is 45.5. The number of Topliss-reactive ketones (excluding diaryl/α,β-unsaturated/α-hetero) is 2. The second-order valence-electron chi connectivity index (χ2n) is 18.4. The Bertz CT molecular complexity index is 846. The van der Waals surface area contributed by atoms with Gasteiger partial charge in [0.2, 0.25) is 0 Å². The Labute approximate surface area is 393 Å². The predicted octanol–water partition coefficient (Wildman–Crippen LogP) is 18.2. The molecule has 376 valence electrons. The number of rotatable bonds is 40. The normalized spacial score (nSPS) is 12.2. The molecule has 1 N–H and O–H groups in total. The lowest BCUT2D eigenvalue weighted by atomic mass is 9.90. The lowest BCUT2D eigenvalue weighted by molar-refractivity contribution is -0.118. The average molecular weight is 882 g/mol. The molecule has 0 aliphatic heterocycles. The smallest absolute Gasteiger partial charge is 0.129 e. The highest BCUT2D eigenvalue weighted by Gasteiger charge is 2.12. The molecule has 0 aliphatic carbocycles. The monoisotopic (exact) mass is 881 g/mol. The summed E-state index contributed by atoms with van der Waals surface area (Å²) in [5, 5.41) is 10.3. The molecule has 0 saturated heterocycles. The molecule has 62 heavy (non-hydrogen) atoms. The summed E-state index contributed by atoms with van der Waals surface area (Å²) in [7, 11) is 2.13. The molecule has 0 rings (SSSR count). The van der Waals surface area contributed by atoms with Gasteiger partial charge >= 0.3 is 0 Å². The standard InChI is InChI=1S/C21H44N2O.C17H34O.C14H28O.C3H8.C2H6/c1-5-8-10-11-13-18-23(19-14-17-22(4)16-7-3)20-21(24)15-12-9-6-2;1-4-6-8-9-11-13-17(12-10-7-5-2)15-14-16(3)18;1-4-6-7-8-9-10-14(5-2)12-11-13(3)15;1-3-2;1-2/h7,16,21,24H,5-6,8-15,17-20H2,1-4H3;17H,4-15H2,1-3H3;14H,4-12H2,1-3H3;3H2,1-2H3;1-2H3/b16-7-;;;;. The van der Waals surface area contributed by atoms with Gasteiger partial charge in [0.1, 0.15) is 11.6 Å². The van der Waals surface area contributed by atoms with E-state index in [4.69, 9.17) is 0 Å². The van der Waals surface area contributed by atoms with Gasteiger partial charge in [0, 0.05) is 33.0 Å². The first-order chi connectivity index (χ1) is 30.0. The van der Waals surface area contributed by atoms with Gasteiger partial charge in [-0.15, -0.1) is 0 Å². The van der Waals surface area contributed by atoms with Gasteiger partial charge in [0.05, 0.1) is 6.10 Å². The Hall–Kier alpha value is -1.20. The quantitative estimate of drug-likeness (QED) is 0.0621. The summed E-state index contributed by atoms with van der Waals surface area (Å²) in [6.07, 6.45) is 44.4. The fourth-order valence-electron chi connectivity index (χ4n) is 7.68. The van der Waals surface area contributed by atoms with E-state index in [1.807, 2.05) is 13.8 Å². The number of aliphatic hydroxyl groups is 1. The molecule has 3 atom stereocenters. The zero-order valence-electron chi connectivity index (χ0n) is 45.5. The van der Waals surface area contributed by atoms with E-state index in [0.717, 1.165) is 83.0 Å². The number of hydrogen-bond acceptors (Lipinski definition) is 5. The predicted molar refractivity (Wildman–Crippen MR) is 283 cm³/mol. The number of unbranched alkanes of at least 4 members (excludes halogenated alkanes) is 16. The summed E-state index contributed by atoms with van der Waals surface area (Å²) < 4.78 is 0. The highest BCUT2D eigenvalue weighted by Crippen LogP contribution is 2.23. The molecular formula is C57H120N2O3. The van der Waals surface area contributed by atoms with Crippen LogP contribution in [0, 0.1) is 11.8 Å². The molecule has 5 heteroatoms. The van der Waals surface area contributed by atoms with Gasteiger partial charge in [0.15, 0.2) is 0 Å². The highest BCUT2D eigenvalue weighted by atomic mass is 16.3. The molecule has 5 nitrogen and oxygen atoms in total. The van der Waals surface area contributed by atoms with Crippen LogP contribution in [0.4, 0.5) is 0 Å². The van der Waals surface area contributed by atoms with E-state index >= 15 is 0 Å². The summed E-state index contributed by atoms with van der Waals surface area (Å²) >= 11 is 0. The molecule has 0 aliphatic rings. The molecule has 3 unspecified atom stereocenters. The van der Waals surface area contributed by atoms with Crippen LogP contribution in [0.3, 0.4) is 0 Å². The molecule has 0 fully saturated rings. The molecule has 0 spiro atoms. The van der Waals surface area contributed by atoms with Crippen molar-refractivity contribution >= 4 is 11.6 Å². The molecule has 0 aromatic carbocycles. The number of carbonyl (C=O) groups excluding carboxylic acids is 2. The number of aliphatic hydroxyl groups excluding tert-OH is 1. The van der Waals surface area contributed by atoms with Crippen LogP contribution < -0.4 is 0 Å². The van der Waals surface area contributed by atoms with Gasteiger partial charge in [0.25, 0.3) is 0 Å². The second kappa shape index (κ2) is 61.9. The largest absolute Gasteiger partial charge is 0.392 e. The Morgan fingerprint density at radius 1 is 0.484 bits per heavy atom. The molecule has 0 radical (unpaired) electrons. The van der Waals surface area contributed by atoms with Crippen LogP contribution in [0.5, 0.6) is 0 Å². The van der Waals surface area contributed by atoms with Crippen LogP contribution in [0.2, 0.25) is 0 Å². The number of carbonyl (C=O) groups is 2. The van der Waals surface area contributed by atoms with Crippen molar-refractivity contribution in [2.75, 3.05) is 33.2 Å². The number of allylic oxidation sites excluding steroid dienone is 1. The Kier molecular flexibility index (Phi) is 69.7. The van der Waals surface area contributed by atoms with Crippen molar-refractivity contribution in [1.82, 2.24) is 9.80 Å². The van der Waals surface area contributed by atoms with Crippen LogP contribution in [0.15, 0.2) is 12.3 Å². The van der Waals surface area contributed by atoms with E-state index in [1.54, 1.807) is 13.8 Å². The highest BCUT2D eigenvalue weighted by molar-refractivity contribution is 5.75. The maximum Gasteiger partial charge on any atom is 0.129 e. The van der Waals surface area contributed by atoms with Gasteiger partial charge in [-0.05, 0) is 84.0 Å². The first-order valence-corrected chi connectivity index (χ1v) is 27.7. The molecule has 0 aromatic heterocycles. The first kappa shape index (κ1) is 69.8. The van der Waals surface area contributed by atoms with Crippen LogP contribution in [0.1, 0.15) is 295 Å². The van der Waals surface area contributed by atoms with Gasteiger partial charge in [-0.25, -0.2) is 0 Å². The van der Waals surface area contributed by atoms with E-state index in [9.17, 15) is 14.7 Å². The van der Waals surface area contributed by atoms with Crippen molar-refractivity contribution < 1.29 is 14.7 Å². The summed E-state index contributed by atoms with van der Waals surface area (Å²) in [4.78, 5) is 26.7. The molecule has 0 aromatic rings. The average Bonchev–Trinajstić information content (AvgIpc) is 3.25. The topological polar surface area (TPSA) is 60.9 Å². The molecule has 0 saturated carbocycles.